The van der Waals surface area contributed by atoms with Crippen LogP contribution in [0.15, 0.2) is 42.7 Å². The third kappa shape index (κ3) is 1.37. The van der Waals surface area contributed by atoms with E-state index in [0.717, 1.165) is 5.56 Å². The normalized spacial score (nSPS) is 27.6. The molecule has 1 aromatic rings. The zero-order valence-electron chi connectivity index (χ0n) is 9.86. The average molecular weight is 216 g/mol. The van der Waals surface area contributed by atoms with Crippen molar-refractivity contribution < 1.29 is 9.53 Å². The minimum absolute atomic E-state index is 0.102. The molecule has 0 N–H and O–H groups in total. The lowest BCUT2D eigenvalue weighted by molar-refractivity contribution is -0.144. The molecule has 1 atom stereocenters. The second-order valence-electron chi connectivity index (χ2n) is 4.81. The van der Waals surface area contributed by atoms with Gasteiger partial charge in [0.25, 0.3) is 0 Å². The van der Waals surface area contributed by atoms with Crippen molar-refractivity contribution in [2.24, 2.45) is 5.41 Å². The van der Waals surface area contributed by atoms with Crippen molar-refractivity contribution in [3.63, 3.8) is 0 Å². The van der Waals surface area contributed by atoms with Gasteiger partial charge in [0.15, 0.2) is 5.78 Å². The predicted molar refractivity (Wildman–Crippen MR) is 62.8 cm³/mol. The van der Waals surface area contributed by atoms with Gasteiger partial charge in [-0.1, -0.05) is 30.3 Å². The SMILES string of the molecule is CC1(C)C(=O)C=COC1(C)c1ccccc1. The number of carbonyl (C=O) groups is 1. The number of hydrogen-bond acceptors (Lipinski definition) is 2. The van der Waals surface area contributed by atoms with Crippen LogP contribution in [0.5, 0.6) is 0 Å². The minimum Gasteiger partial charge on any atom is -0.489 e. The molecule has 1 aliphatic heterocycles. The van der Waals surface area contributed by atoms with E-state index in [1.165, 1.54) is 12.3 Å². The molecule has 2 heteroatoms. The lowest BCUT2D eigenvalue weighted by Crippen LogP contribution is -2.47. The van der Waals surface area contributed by atoms with E-state index in [0.29, 0.717) is 0 Å². The van der Waals surface area contributed by atoms with Crippen molar-refractivity contribution in [1.29, 1.82) is 0 Å². The van der Waals surface area contributed by atoms with Crippen molar-refractivity contribution in [2.45, 2.75) is 26.4 Å². The maximum absolute atomic E-state index is 11.9. The Morgan fingerprint density at radius 2 is 1.69 bits per heavy atom. The molecule has 1 heterocycles. The first kappa shape index (κ1) is 10.9. The molecule has 1 aromatic carbocycles. The molecule has 0 aromatic heterocycles. The van der Waals surface area contributed by atoms with Crippen LogP contribution >= 0.6 is 0 Å². The Labute approximate surface area is 95.9 Å². The fourth-order valence-electron chi connectivity index (χ4n) is 2.01. The Hall–Kier alpha value is -1.57. The Morgan fingerprint density at radius 3 is 2.31 bits per heavy atom. The van der Waals surface area contributed by atoms with E-state index < -0.39 is 11.0 Å². The number of allylic oxidation sites excluding steroid dienone is 1. The lowest BCUT2D eigenvalue weighted by atomic mass is 9.68. The Balaban J connectivity index is 2.54. The molecule has 0 saturated carbocycles. The number of benzene rings is 1. The van der Waals surface area contributed by atoms with Crippen LogP contribution in [0.2, 0.25) is 0 Å². The highest BCUT2D eigenvalue weighted by Crippen LogP contribution is 2.45. The summed E-state index contributed by atoms with van der Waals surface area (Å²) in [5, 5.41) is 0. The summed E-state index contributed by atoms with van der Waals surface area (Å²) in [6, 6.07) is 9.87. The summed E-state index contributed by atoms with van der Waals surface area (Å²) in [5.41, 5.74) is -0.124. The summed E-state index contributed by atoms with van der Waals surface area (Å²) in [7, 11) is 0. The molecular weight excluding hydrogens is 200 g/mol. The number of carbonyl (C=O) groups excluding carboxylic acids is 1. The van der Waals surface area contributed by atoms with Gasteiger partial charge in [0, 0.05) is 6.08 Å². The summed E-state index contributed by atoms with van der Waals surface area (Å²) in [6.07, 6.45) is 3.01. The van der Waals surface area contributed by atoms with E-state index in [1.807, 2.05) is 51.1 Å². The van der Waals surface area contributed by atoms with Gasteiger partial charge in [0.05, 0.1) is 11.7 Å². The van der Waals surface area contributed by atoms with Gasteiger partial charge in [-0.05, 0) is 26.3 Å². The monoisotopic (exact) mass is 216 g/mol. The first-order valence-electron chi connectivity index (χ1n) is 5.43. The number of rotatable bonds is 1. The smallest absolute Gasteiger partial charge is 0.168 e. The molecule has 0 fully saturated rings. The molecular formula is C14H16O2. The number of ketones is 1. The van der Waals surface area contributed by atoms with Crippen LogP contribution in [-0.4, -0.2) is 5.78 Å². The Kier molecular flexibility index (Phi) is 2.38. The van der Waals surface area contributed by atoms with Gasteiger partial charge >= 0.3 is 0 Å². The standard InChI is InChI=1S/C14H16O2/c1-13(2)12(15)9-10-16-14(13,3)11-7-5-4-6-8-11/h4-10H,1-3H3. The molecule has 0 saturated heterocycles. The summed E-state index contributed by atoms with van der Waals surface area (Å²) in [4.78, 5) is 11.9. The second-order valence-corrected chi connectivity index (χ2v) is 4.81. The molecule has 1 unspecified atom stereocenters. The average Bonchev–Trinajstić information content (AvgIpc) is 2.28. The van der Waals surface area contributed by atoms with E-state index in [-0.39, 0.29) is 5.78 Å². The zero-order valence-corrected chi connectivity index (χ0v) is 9.86. The van der Waals surface area contributed by atoms with E-state index in [9.17, 15) is 4.79 Å². The van der Waals surface area contributed by atoms with Crippen LogP contribution in [0.4, 0.5) is 0 Å². The maximum Gasteiger partial charge on any atom is 0.168 e. The van der Waals surface area contributed by atoms with Crippen LogP contribution in [0.25, 0.3) is 0 Å². The highest BCUT2D eigenvalue weighted by molar-refractivity contribution is 5.95. The topological polar surface area (TPSA) is 26.3 Å². The highest BCUT2D eigenvalue weighted by atomic mass is 16.5. The van der Waals surface area contributed by atoms with E-state index in [1.54, 1.807) is 0 Å². The summed E-state index contributed by atoms with van der Waals surface area (Å²) in [6.45, 7) is 5.81. The fraction of sp³-hybridized carbons (Fsp3) is 0.357. The molecule has 0 bridgehead atoms. The van der Waals surface area contributed by atoms with Crippen LogP contribution in [0, 0.1) is 5.41 Å². The summed E-state index contributed by atoms with van der Waals surface area (Å²) in [5.74, 6) is 0.102. The van der Waals surface area contributed by atoms with Gasteiger partial charge in [0.1, 0.15) is 5.60 Å². The van der Waals surface area contributed by atoms with E-state index in [4.69, 9.17) is 4.74 Å². The highest BCUT2D eigenvalue weighted by Gasteiger charge is 2.50. The molecule has 1 aliphatic rings. The largest absolute Gasteiger partial charge is 0.489 e. The van der Waals surface area contributed by atoms with Gasteiger partial charge in [0.2, 0.25) is 0 Å². The molecule has 0 aliphatic carbocycles. The predicted octanol–water partition coefficient (Wildman–Crippen LogP) is 3.04. The van der Waals surface area contributed by atoms with Crippen LogP contribution in [0.3, 0.4) is 0 Å². The van der Waals surface area contributed by atoms with Crippen molar-refractivity contribution in [2.75, 3.05) is 0 Å². The van der Waals surface area contributed by atoms with E-state index >= 15 is 0 Å². The zero-order chi connectivity index (χ0) is 11.8. The Bertz CT molecular complexity index is 431. The van der Waals surface area contributed by atoms with Gasteiger partial charge in [-0.2, -0.15) is 0 Å². The van der Waals surface area contributed by atoms with Crippen molar-refractivity contribution in [3.05, 3.63) is 48.2 Å². The van der Waals surface area contributed by atoms with Crippen molar-refractivity contribution in [3.8, 4) is 0 Å². The van der Waals surface area contributed by atoms with Gasteiger partial charge in [-0.15, -0.1) is 0 Å². The second kappa shape index (κ2) is 3.48. The molecule has 2 rings (SSSR count). The quantitative estimate of drug-likeness (QED) is 0.721. The third-order valence-electron chi connectivity index (χ3n) is 3.66. The molecule has 84 valence electrons. The van der Waals surface area contributed by atoms with Gasteiger partial charge in [-0.25, -0.2) is 0 Å². The van der Waals surface area contributed by atoms with Crippen LogP contribution in [-0.2, 0) is 15.1 Å². The molecule has 2 nitrogen and oxygen atoms in total. The maximum atomic E-state index is 11.9. The molecule has 16 heavy (non-hydrogen) atoms. The van der Waals surface area contributed by atoms with Gasteiger partial charge in [-0.3, -0.25) is 4.79 Å². The lowest BCUT2D eigenvalue weighted by Gasteiger charge is -2.44. The Morgan fingerprint density at radius 1 is 1.06 bits per heavy atom. The molecule has 0 spiro atoms. The minimum atomic E-state index is -0.597. The summed E-state index contributed by atoms with van der Waals surface area (Å²) >= 11 is 0. The first-order valence-corrected chi connectivity index (χ1v) is 5.43. The summed E-state index contributed by atoms with van der Waals surface area (Å²) < 4.78 is 5.74. The van der Waals surface area contributed by atoms with Crippen molar-refractivity contribution >= 4 is 5.78 Å². The van der Waals surface area contributed by atoms with Crippen LogP contribution in [0.1, 0.15) is 26.3 Å². The number of ether oxygens (including phenoxy) is 1. The van der Waals surface area contributed by atoms with Crippen molar-refractivity contribution in [1.82, 2.24) is 0 Å². The fourth-order valence-corrected chi connectivity index (χ4v) is 2.01. The van der Waals surface area contributed by atoms with E-state index in [2.05, 4.69) is 0 Å². The van der Waals surface area contributed by atoms with Gasteiger partial charge < -0.3 is 4.74 Å². The molecule has 0 radical (unpaired) electrons. The number of hydrogen-bond donors (Lipinski definition) is 0. The molecule has 0 amide bonds. The third-order valence-corrected chi connectivity index (χ3v) is 3.66. The van der Waals surface area contributed by atoms with Crippen LogP contribution < -0.4 is 0 Å². The first-order chi connectivity index (χ1) is 7.48.